The van der Waals surface area contributed by atoms with Crippen molar-refractivity contribution in [2.45, 2.75) is 64.9 Å². The van der Waals surface area contributed by atoms with Gasteiger partial charge >= 0.3 is 0 Å². The minimum Gasteiger partial charge on any atom is -0.383 e. The molecular weight excluding hydrogens is 266 g/mol. The van der Waals surface area contributed by atoms with Crippen molar-refractivity contribution < 1.29 is 4.74 Å². The van der Waals surface area contributed by atoms with Crippen LogP contribution in [0, 0.1) is 5.92 Å². The van der Waals surface area contributed by atoms with Gasteiger partial charge in [0.25, 0.3) is 5.56 Å². The van der Waals surface area contributed by atoms with Gasteiger partial charge in [0, 0.05) is 6.61 Å². The number of hydrogen-bond donors (Lipinski definition) is 2. The number of H-pyrrole nitrogens is 1. The summed E-state index contributed by atoms with van der Waals surface area (Å²) < 4.78 is 5.89. The Balaban J connectivity index is 2.34. The fourth-order valence-corrected chi connectivity index (χ4v) is 3.27. The van der Waals surface area contributed by atoms with Gasteiger partial charge in [0.2, 0.25) is 0 Å². The first-order chi connectivity index (χ1) is 10.0. The maximum atomic E-state index is 12.3. The third-order valence-corrected chi connectivity index (χ3v) is 4.27. The highest BCUT2D eigenvalue weighted by Gasteiger charge is 2.28. The Kier molecular flexibility index (Phi) is 5.39. The Morgan fingerprint density at radius 1 is 1.33 bits per heavy atom. The SMILES string of the molecule is CCOC(c1nc(N)c(C(C)C)c(=O)[nH]1)C1CCCCC1. The number of nitrogens with zero attached hydrogens (tertiary/aromatic N) is 1. The Morgan fingerprint density at radius 3 is 2.52 bits per heavy atom. The van der Waals surface area contributed by atoms with Crippen LogP contribution in [0.2, 0.25) is 0 Å². The van der Waals surface area contributed by atoms with Gasteiger partial charge in [-0.25, -0.2) is 4.98 Å². The fraction of sp³-hybridized carbons (Fsp3) is 0.750. The molecule has 1 aliphatic rings. The highest BCUT2D eigenvalue weighted by atomic mass is 16.5. The average molecular weight is 293 g/mol. The lowest BCUT2D eigenvalue weighted by atomic mass is 9.85. The molecule has 1 heterocycles. The van der Waals surface area contributed by atoms with Crippen LogP contribution in [0.1, 0.15) is 76.3 Å². The second-order valence-electron chi connectivity index (χ2n) is 6.18. The van der Waals surface area contributed by atoms with E-state index in [4.69, 9.17) is 10.5 Å². The second-order valence-corrected chi connectivity index (χ2v) is 6.18. The zero-order valence-corrected chi connectivity index (χ0v) is 13.3. The molecule has 0 aromatic carbocycles. The maximum Gasteiger partial charge on any atom is 0.256 e. The lowest BCUT2D eigenvalue weighted by Gasteiger charge is -2.29. The molecule has 0 saturated heterocycles. The molecule has 1 aromatic heterocycles. The first-order valence-corrected chi connectivity index (χ1v) is 8.05. The molecule has 2 rings (SSSR count). The fourth-order valence-electron chi connectivity index (χ4n) is 3.27. The third kappa shape index (κ3) is 3.64. The molecule has 5 nitrogen and oxygen atoms in total. The largest absolute Gasteiger partial charge is 0.383 e. The van der Waals surface area contributed by atoms with Gasteiger partial charge in [0.05, 0.1) is 5.56 Å². The summed E-state index contributed by atoms with van der Waals surface area (Å²) in [5.41, 5.74) is 6.44. The van der Waals surface area contributed by atoms with Crippen molar-refractivity contribution in [3.05, 3.63) is 21.7 Å². The zero-order chi connectivity index (χ0) is 15.4. The van der Waals surface area contributed by atoms with Crippen LogP contribution in [-0.4, -0.2) is 16.6 Å². The Labute approximate surface area is 126 Å². The van der Waals surface area contributed by atoms with E-state index in [9.17, 15) is 4.79 Å². The van der Waals surface area contributed by atoms with E-state index in [2.05, 4.69) is 9.97 Å². The summed E-state index contributed by atoms with van der Waals surface area (Å²) in [5.74, 6) is 1.42. The molecule has 0 amide bonds. The smallest absolute Gasteiger partial charge is 0.256 e. The first-order valence-electron chi connectivity index (χ1n) is 8.05. The van der Waals surface area contributed by atoms with Crippen molar-refractivity contribution in [3.63, 3.8) is 0 Å². The highest BCUT2D eigenvalue weighted by Crippen LogP contribution is 2.35. The van der Waals surface area contributed by atoms with Gasteiger partial charge in [0.1, 0.15) is 17.7 Å². The molecule has 1 aromatic rings. The number of aromatic amines is 1. The second kappa shape index (κ2) is 7.07. The predicted octanol–water partition coefficient (Wildman–Crippen LogP) is 3.13. The number of rotatable bonds is 5. The average Bonchev–Trinajstić information content (AvgIpc) is 2.44. The van der Waals surface area contributed by atoms with Crippen molar-refractivity contribution in [3.8, 4) is 0 Å². The minimum absolute atomic E-state index is 0.0653. The molecule has 0 spiro atoms. The van der Waals surface area contributed by atoms with Crippen LogP contribution in [0.3, 0.4) is 0 Å². The van der Waals surface area contributed by atoms with E-state index in [1.807, 2.05) is 20.8 Å². The van der Waals surface area contributed by atoms with Crippen LogP contribution in [0.25, 0.3) is 0 Å². The molecule has 1 atom stereocenters. The van der Waals surface area contributed by atoms with Gasteiger partial charge in [-0.2, -0.15) is 0 Å². The lowest BCUT2D eigenvalue weighted by Crippen LogP contribution is -2.27. The Bertz CT molecular complexity index is 519. The van der Waals surface area contributed by atoms with Crippen LogP contribution < -0.4 is 11.3 Å². The number of ether oxygens (including phenoxy) is 1. The standard InChI is InChI=1S/C16H27N3O2/c1-4-21-13(11-8-6-5-7-9-11)15-18-14(17)12(10(2)3)16(20)19-15/h10-11,13H,4-9H2,1-3H3,(H3,17,18,19,20). The molecule has 21 heavy (non-hydrogen) atoms. The Hall–Kier alpha value is -1.36. The number of nitrogens with one attached hydrogen (secondary N) is 1. The third-order valence-electron chi connectivity index (χ3n) is 4.27. The quantitative estimate of drug-likeness (QED) is 0.874. The molecule has 1 saturated carbocycles. The topological polar surface area (TPSA) is 81.0 Å². The summed E-state index contributed by atoms with van der Waals surface area (Å²) >= 11 is 0. The first kappa shape index (κ1) is 16.0. The van der Waals surface area contributed by atoms with Crippen LogP contribution in [0.15, 0.2) is 4.79 Å². The zero-order valence-electron chi connectivity index (χ0n) is 13.3. The molecule has 118 valence electrons. The van der Waals surface area contributed by atoms with Crippen molar-refractivity contribution in [1.29, 1.82) is 0 Å². The van der Waals surface area contributed by atoms with Gasteiger partial charge in [-0.15, -0.1) is 0 Å². The van der Waals surface area contributed by atoms with Gasteiger partial charge in [-0.1, -0.05) is 33.1 Å². The number of aromatic nitrogens is 2. The minimum atomic E-state index is -0.147. The summed E-state index contributed by atoms with van der Waals surface area (Å²) in [5, 5.41) is 0. The van der Waals surface area contributed by atoms with Crippen LogP contribution in [0.5, 0.6) is 0 Å². The predicted molar refractivity (Wildman–Crippen MR) is 84.3 cm³/mol. The van der Waals surface area contributed by atoms with Crippen molar-refractivity contribution in [1.82, 2.24) is 9.97 Å². The molecule has 0 bridgehead atoms. The number of nitrogen functional groups attached to an aromatic ring is 1. The molecule has 1 fully saturated rings. The van der Waals surface area contributed by atoms with Crippen LogP contribution in [-0.2, 0) is 4.74 Å². The maximum absolute atomic E-state index is 12.3. The molecule has 5 heteroatoms. The monoisotopic (exact) mass is 293 g/mol. The molecule has 1 aliphatic carbocycles. The molecule has 3 N–H and O–H groups in total. The van der Waals surface area contributed by atoms with E-state index in [-0.39, 0.29) is 17.6 Å². The van der Waals surface area contributed by atoms with Gasteiger partial charge < -0.3 is 15.5 Å². The summed E-state index contributed by atoms with van der Waals surface area (Å²) in [7, 11) is 0. The molecule has 0 aliphatic heterocycles. The number of hydrogen-bond acceptors (Lipinski definition) is 4. The van der Waals surface area contributed by atoms with E-state index in [0.29, 0.717) is 29.7 Å². The van der Waals surface area contributed by atoms with E-state index in [0.717, 1.165) is 12.8 Å². The van der Waals surface area contributed by atoms with Gasteiger partial charge in [0.15, 0.2) is 0 Å². The summed E-state index contributed by atoms with van der Waals surface area (Å²) in [6, 6.07) is 0. The van der Waals surface area contributed by atoms with Crippen LogP contribution in [0.4, 0.5) is 5.82 Å². The van der Waals surface area contributed by atoms with Crippen LogP contribution >= 0.6 is 0 Å². The van der Waals surface area contributed by atoms with Crippen molar-refractivity contribution >= 4 is 5.82 Å². The van der Waals surface area contributed by atoms with Crippen molar-refractivity contribution in [2.75, 3.05) is 12.3 Å². The lowest BCUT2D eigenvalue weighted by molar-refractivity contribution is -0.000274. The number of anilines is 1. The summed E-state index contributed by atoms with van der Waals surface area (Å²) in [4.78, 5) is 19.6. The van der Waals surface area contributed by atoms with E-state index in [1.165, 1.54) is 19.3 Å². The summed E-state index contributed by atoms with van der Waals surface area (Å²) in [6.45, 7) is 6.48. The Morgan fingerprint density at radius 2 is 2.00 bits per heavy atom. The van der Waals surface area contributed by atoms with E-state index < -0.39 is 0 Å². The highest BCUT2D eigenvalue weighted by molar-refractivity contribution is 5.40. The van der Waals surface area contributed by atoms with Gasteiger partial charge in [-0.05, 0) is 31.6 Å². The van der Waals surface area contributed by atoms with E-state index >= 15 is 0 Å². The number of nitrogens with two attached hydrogens (primary N) is 1. The molecular formula is C16H27N3O2. The van der Waals surface area contributed by atoms with Crippen molar-refractivity contribution in [2.24, 2.45) is 5.92 Å². The van der Waals surface area contributed by atoms with E-state index in [1.54, 1.807) is 0 Å². The summed E-state index contributed by atoms with van der Waals surface area (Å²) in [6.07, 6.45) is 5.83. The van der Waals surface area contributed by atoms with Gasteiger partial charge in [-0.3, -0.25) is 4.79 Å². The normalized spacial score (nSPS) is 18.1. The molecule has 0 radical (unpaired) electrons. The molecule has 1 unspecified atom stereocenters.